The van der Waals surface area contributed by atoms with Gasteiger partial charge in [0.15, 0.2) is 0 Å². The molecule has 2 aromatic carbocycles. The van der Waals surface area contributed by atoms with E-state index in [0.29, 0.717) is 34.9 Å². The second-order valence-corrected chi connectivity index (χ2v) is 7.63. The highest BCUT2D eigenvalue weighted by Crippen LogP contribution is 2.42. The Morgan fingerprint density at radius 3 is 2.39 bits per heavy atom. The molecule has 2 heterocycles. The van der Waals surface area contributed by atoms with Crippen LogP contribution in [0.25, 0.3) is 5.76 Å². The summed E-state index contributed by atoms with van der Waals surface area (Å²) < 4.78 is 10.6. The molecular weight excluding hydrogens is 444 g/mol. The number of carbonyl (C=O) groups is 2. The van der Waals surface area contributed by atoms with E-state index < -0.39 is 17.7 Å². The zero-order valence-corrected chi connectivity index (χ0v) is 18.7. The molecule has 1 aliphatic rings. The van der Waals surface area contributed by atoms with Crippen LogP contribution in [-0.4, -0.2) is 35.5 Å². The van der Waals surface area contributed by atoms with E-state index >= 15 is 0 Å². The minimum Gasteiger partial charge on any atom is -0.507 e. The maximum absolute atomic E-state index is 13.2. The average molecular weight is 465 g/mol. The maximum Gasteiger partial charge on any atom is 0.300 e. The minimum absolute atomic E-state index is 0.0404. The highest BCUT2D eigenvalue weighted by Gasteiger charge is 2.47. The molecule has 33 heavy (non-hydrogen) atoms. The van der Waals surface area contributed by atoms with Gasteiger partial charge in [-0.2, -0.15) is 0 Å². The second-order valence-electron chi connectivity index (χ2n) is 7.23. The molecule has 4 rings (SSSR count). The summed E-state index contributed by atoms with van der Waals surface area (Å²) in [7, 11) is 1.48. The van der Waals surface area contributed by atoms with Gasteiger partial charge >= 0.3 is 0 Å². The van der Waals surface area contributed by atoms with Gasteiger partial charge in [-0.15, -0.1) is 0 Å². The largest absolute Gasteiger partial charge is 0.507 e. The molecule has 1 unspecified atom stereocenters. The van der Waals surface area contributed by atoms with E-state index in [9.17, 15) is 14.7 Å². The van der Waals surface area contributed by atoms with Crippen molar-refractivity contribution in [3.8, 4) is 11.5 Å². The van der Waals surface area contributed by atoms with Crippen LogP contribution < -0.4 is 14.4 Å². The summed E-state index contributed by atoms with van der Waals surface area (Å²) in [5.41, 5.74) is 1.37. The number of anilines is 1. The van der Waals surface area contributed by atoms with Crippen molar-refractivity contribution in [3.63, 3.8) is 0 Å². The van der Waals surface area contributed by atoms with E-state index in [1.165, 1.54) is 18.1 Å². The Hall–Kier alpha value is -3.84. The maximum atomic E-state index is 13.2. The first kappa shape index (κ1) is 22.4. The third-order valence-corrected chi connectivity index (χ3v) is 5.61. The Morgan fingerprint density at radius 2 is 1.79 bits per heavy atom. The van der Waals surface area contributed by atoms with Gasteiger partial charge in [0.05, 0.1) is 30.4 Å². The van der Waals surface area contributed by atoms with Crippen molar-refractivity contribution in [3.05, 3.63) is 88.7 Å². The fourth-order valence-electron chi connectivity index (χ4n) is 3.80. The summed E-state index contributed by atoms with van der Waals surface area (Å²) in [5.74, 6) is -0.801. The molecule has 1 atom stereocenters. The van der Waals surface area contributed by atoms with Crippen LogP contribution in [0.5, 0.6) is 11.5 Å². The van der Waals surface area contributed by atoms with Crippen molar-refractivity contribution in [2.75, 3.05) is 18.6 Å². The van der Waals surface area contributed by atoms with Gasteiger partial charge in [-0.1, -0.05) is 11.6 Å². The Morgan fingerprint density at radius 1 is 1.09 bits per heavy atom. The molecular formula is C25H21ClN2O5. The van der Waals surface area contributed by atoms with Crippen molar-refractivity contribution in [2.45, 2.75) is 13.0 Å². The highest BCUT2D eigenvalue weighted by atomic mass is 35.5. The summed E-state index contributed by atoms with van der Waals surface area (Å²) >= 11 is 6.22. The van der Waals surface area contributed by atoms with Crippen LogP contribution >= 0.6 is 11.6 Å². The van der Waals surface area contributed by atoms with E-state index in [-0.39, 0.29) is 16.4 Å². The van der Waals surface area contributed by atoms with Crippen LogP contribution in [0.15, 0.2) is 72.6 Å². The lowest BCUT2D eigenvalue weighted by Gasteiger charge is -2.25. The molecule has 0 aliphatic carbocycles. The Balaban J connectivity index is 1.87. The van der Waals surface area contributed by atoms with Gasteiger partial charge in [0.1, 0.15) is 17.3 Å². The van der Waals surface area contributed by atoms with Crippen molar-refractivity contribution in [1.29, 1.82) is 0 Å². The second kappa shape index (κ2) is 9.34. The number of hydrogen-bond acceptors (Lipinski definition) is 6. The first-order valence-electron chi connectivity index (χ1n) is 10.2. The molecule has 3 aromatic rings. The summed E-state index contributed by atoms with van der Waals surface area (Å²) in [6.45, 7) is 2.38. The van der Waals surface area contributed by atoms with Crippen LogP contribution in [0.4, 0.5) is 5.69 Å². The molecule has 1 saturated heterocycles. The summed E-state index contributed by atoms with van der Waals surface area (Å²) in [4.78, 5) is 31.7. The normalized spacial score (nSPS) is 17.3. The van der Waals surface area contributed by atoms with E-state index in [2.05, 4.69) is 4.98 Å². The SMILES string of the molecule is CCOc1ccc(N2C(=O)C(=O)/C(=C(\O)c3ccc(OC)c(Cl)c3)C2c2ccncc2)cc1. The number of carbonyl (C=O) groups excluding carboxylic acids is 2. The average Bonchev–Trinajstić information content (AvgIpc) is 3.10. The molecule has 8 heteroatoms. The molecule has 7 nitrogen and oxygen atoms in total. The number of aliphatic hydroxyl groups is 1. The van der Waals surface area contributed by atoms with Crippen LogP contribution in [0.2, 0.25) is 5.02 Å². The van der Waals surface area contributed by atoms with E-state index in [1.54, 1.807) is 60.9 Å². The Kier molecular flexibility index (Phi) is 6.33. The van der Waals surface area contributed by atoms with Gasteiger partial charge in [-0.25, -0.2) is 0 Å². The third-order valence-electron chi connectivity index (χ3n) is 5.32. The zero-order chi connectivity index (χ0) is 23.5. The molecule has 1 amide bonds. The molecule has 0 radical (unpaired) electrons. The monoisotopic (exact) mass is 464 g/mol. The van der Waals surface area contributed by atoms with Crippen LogP contribution in [0.3, 0.4) is 0 Å². The van der Waals surface area contributed by atoms with Gasteiger partial charge in [0.25, 0.3) is 11.7 Å². The molecule has 1 aromatic heterocycles. The van der Waals surface area contributed by atoms with E-state index in [4.69, 9.17) is 21.1 Å². The highest BCUT2D eigenvalue weighted by molar-refractivity contribution is 6.51. The van der Waals surface area contributed by atoms with Crippen molar-refractivity contribution < 1.29 is 24.2 Å². The molecule has 1 N–H and O–H groups in total. The van der Waals surface area contributed by atoms with Crippen molar-refractivity contribution in [2.24, 2.45) is 0 Å². The summed E-state index contributed by atoms with van der Waals surface area (Å²) in [5, 5.41) is 11.4. The molecule has 1 aliphatic heterocycles. The lowest BCUT2D eigenvalue weighted by Crippen LogP contribution is -2.29. The van der Waals surface area contributed by atoms with Crippen LogP contribution in [0.1, 0.15) is 24.1 Å². The minimum atomic E-state index is -0.855. The van der Waals surface area contributed by atoms with Gasteiger partial charge in [-0.05, 0) is 67.1 Å². The number of aromatic nitrogens is 1. The van der Waals surface area contributed by atoms with Crippen molar-refractivity contribution in [1.82, 2.24) is 4.98 Å². The quantitative estimate of drug-likeness (QED) is 0.321. The zero-order valence-electron chi connectivity index (χ0n) is 18.0. The topological polar surface area (TPSA) is 89.0 Å². The lowest BCUT2D eigenvalue weighted by molar-refractivity contribution is -0.132. The van der Waals surface area contributed by atoms with E-state index in [0.717, 1.165) is 0 Å². The van der Waals surface area contributed by atoms with E-state index in [1.807, 2.05) is 6.92 Å². The number of rotatable bonds is 6. The van der Waals surface area contributed by atoms with Gasteiger partial charge in [0.2, 0.25) is 0 Å². The van der Waals surface area contributed by atoms with Crippen LogP contribution in [-0.2, 0) is 9.59 Å². The molecule has 1 fully saturated rings. The van der Waals surface area contributed by atoms with Crippen molar-refractivity contribution >= 4 is 34.7 Å². The fourth-order valence-corrected chi connectivity index (χ4v) is 4.06. The van der Waals surface area contributed by atoms with Gasteiger partial charge < -0.3 is 14.6 Å². The van der Waals surface area contributed by atoms with Gasteiger partial charge in [0, 0.05) is 23.6 Å². The number of methoxy groups -OCH3 is 1. The Bertz CT molecular complexity index is 1230. The predicted octanol–water partition coefficient (Wildman–Crippen LogP) is 4.77. The third kappa shape index (κ3) is 4.15. The fraction of sp³-hybridized carbons (Fsp3) is 0.160. The van der Waals surface area contributed by atoms with Crippen LogP contribution in [0, 0.1) is 0 Å². The summed E-state index contributed by atoms with van der Waals surface area (Å²) in [6, 6.07) is 14.1. The number of hydrogen-bond donors (Lipinski definition) is 1. The smallest absolute Gasteiger partial charge is 0.300 e. The number of ketones is 1. The summed E-state index contributed by atoms with van der Waals surface area (Å²) in [6.07, 6.45) is 3.13. The first-order chi connectivity index (χ1) is 16.0. The number of amides is 1. The lowest BCUT2D eigenvalue weighted by atomic mass is 9.95. The number of halogens is 1. The molecule has 0 bridgehead atoms. The Labute approximate surface area is 195 Å². The number of pyridine rings is 1. The number of Topliss-reactive ketones (excluding diaryl/α,β-unsaturated/α-hetero) is 1. The molecule has 0 saturated carbocycles. The molecule has 168 valence electrons. The number of aliphatic hydroxyl groups excluding tert-OH is 1. The number of nitrogens with zero attached hydrogens (tertiary/aromatic N) is 2. The molecule has 0 spiro atoms. The number of benzene rings is 2. The predicted molar refractivity (Wildman–Crippen MR) is 125 cm³/mol. The first-order valence-corrected chi connectivity index (χ1v) is 10.6. The standard InChI is InChI=1S/C25H21ClN2O5/c1-3-33-18-7-5-17(6-8-18)28-22(15-10-12-27-13-11-15)21(24(30)25(28)31)23(29)16-4-9-20(32-2)19(26)14-16/h4-14,22,29H,3H2,1-2H3/b23-21-. The van der Waals surface area contributed by atoms with Gasteiger partial charge in [-0.3, -0.25) is 19.5 Å². The number of ether oxygens (including phenoxy) is 2.